The molecule has 0 aromatic rings. The molecule has 1 saturated carbocycles. The van der Waals surface area contributed by atoms with Crippen molar-refractivity contribution in [2.24, 2.45) is 5.92 Å². The molecule has 0 spiro atoms. The lowest BCUT2D eigenvalue weighted by Gasteiger charge is -2.09. The van der Waals surface area contributed by atoms with Crippen molar-refractivity contribution < 1.29 is 8.42 Å². The lowest BCUT2D eigenvalue weighted by molar-refractivity contribution is 0.573. The van der Waals surface area contributed by atoms with Crippen molar-refractivity contribution >= 4 is 21.6 Å². The number of rotatable bonds is 7. The Morgan fingerprint density at radius 3 is 2.64 bits per heavy atom. The summed E-state index contributed by atoms with van der Waals surface area (Å²) in [5.74, 6) is 0.753. The molecule has 3 nitrogen and oxygen atoms in total. The van der Waals surface area contributed by atoms with E-state index in [0.29, 0.717) is 18.9 Å². The number of nitrogens with one attached hydrogen (secondary N) is 1. The van der Waals surface area contributed by atoms with Gasteiger partial charge < -0.3 is 0 Å². The summed E-state index contributed by atoms with van der Waals surface area (Å²) >= 11 is 5.99. The first-order chi connectivity index (χ1) is 6.55. The van der Waals surface area contributed by atoms with E-state index in [-0.39, 0.29) is 11.1 Å². The van der Waals surface area contributed by atoms with Crippen LogP contribution >= 0.6 is 11.6 Å². The fraction of sp³-hybridized carbons (Fsp3) is 1.00. The fourth-order valence-corrected chi connectivity index (χ4v) is 2.90. The van der Waals surface area contributed by atoms with Crippen LogP contribution in [0.25, 0.3) is 0 Å². The van der Waals surface area contributed by atoms with Crippen LogP contribution in [0.5, 0.6) is 0 Å². The SMILES string of the molecule is CCCCS(=O)(=O)NCC(Cl)C1CC1. The third-order valence-electron chi connectivity index (χ3n) is 2.40. The number of sulfonamides is 1. The molecule has 0 aromatic heterocycles. The summed E-state index contributed by atoms with van der Waals surface area (Å²) in [5, 5.41) is -0.0219. The highest BCUT2D eigenvalue weighted by atomic mass is 35.5. The summed E-state index contributed by atoms with van der Waals surface area (Å²) in [4.78, 5) is 0. The van der Waals surface area contributed by atoms with Crippen LogP contribution in [0.2, 0.25) is 0 Å². The fourth-order valence-electron chi connectivity index (χ4n) is 1.24. The molecule has 84 valence electrons. The van der Waals surface area contributed by atoms with Crippen LogP contribution in [-0.4, -0.2) is 26.1 Å². The van der Waals surface area contributed by atoms with Crippen molar-refractivity contribution in [1.82, 2.24) is 4.72 Å². The highest BCUT2D eigenvalue weighted by molar-refractivity contribution is 7.89. The molecular weight excluding hydrogens is 222 g/mol. The van der Waals surface area contributed by atoms with Gasteiger partial charge in [0, 0.05) is 11.9 Å². The molecule has 0 heterocycles. The summed E-state index contributed by atoms with van der Waals surface area (Å²) < 4.78 is 25.3. The van der Waals surface area contributed by atoms with Gasteiger partial charge in [0.15, 0.2) is 0 Å². The molecule has 0 saturated heterocycles. The molecule has 1 fully saturated rings. The Morgan fingerprint density at radius 1 is 1.50 bits per heavy atom. The molecule has 0 amide bonds. The van der Waals surface area contributed by atoms with Crippen molar-refractivity contribution in [2.75, 3.05) is 12.3 Å². The standard InChI is InChI=1S/C9H18ClNO2S/c1-2-3-6-14(12,13)11-7-9(10)8-4-5-8/h8-9,11H,2-7H2,1H3. The Hall–Kier alpha value is 0.200. The topological polar surface area (TPSA) is 46.2 Å². The molecular formula is C9H18ClNO2S. The number of hydrogen-bond acceptors (Lipinski definition) is 2. The Labute approximate surface area is 91.3 Å². The predicted octanol–water partition coefficient (Wildman–Crippen LogP) is 1.72. The van der Waals surface area contributed by atoms with Crippen LogP contribution < -0.4 is 4.72 Å². The van der Waals surface area contributed by atoms with E-state index in [9.17, 15) is 8.42 Å². The van der Waals surface area contributed by atoms with Crippen molar-refractivity contribution in [3.63, 3.8) is 0 Å². The van der Waals surface area contributed by atoms with Gasteiger partial charge >= 0.3 is 0 Å². The van der Waals surface area contributed by atoms with Crippen molar-refractivity contribution in [3.05, 3.63) is 0 Å². The summed E-state index contributed by atoms with van der Waals surface area (Å²) in [6.07, 6.45) is 3.90. The minimum Gasteiger partial charge on any atom is -0.214 e. The van der Waals surface area contributed by atoms with E-state index in [1.165, 1.54) is 0 Å². The smallest absolute Gasteiger partial charge is 0.211 e. The Balaban J connectivity index is 2.20. The van der Waals surface area contributed by atoms with Crippen LogP contribution in [0, 0.1) is 5.92 Å². The van der Waals surface area contributed by atoms with Crippen LogP contribution in [-0.2, 0) is 10.0 Å². The van der Waals surface area contributed by atoms with Crippen molar-refractivity contribution in [2.45, 2.75) is 38.0 Å². The van der Waals surface area contributed by atoms with Crippen LogP contribution in [0.3, 0.4) is 0 Å². The minimum atomic E-state index is -3.08. The molecule has 0 aromatic carbocycles. The van der Waals surface area contributed by atoms with E-state index in [1.54, 1.807) is 0 Å². The van der Waals surface area contributed by atoms with Gasteiger partial charge in [-0.2, -0.15) is 0 Å². The normalized spacial score (nSPS) is 19.6. The largest absolute Gasteiger partial charge is 0.214 e. The average molecular weight is 240 g/mol. The maximum atomic E-state index is 11.4. The van der Waals surface area contributed by atoms with E-state index in [4.69, 9.17) is 11.6 Å². The Morgan fingerprint density at radius 2 is 2.14 bits per heavy atom. The number of halogens is 1. The molecule has 1 atom stereocenters. The molecule has 1 rings (SSSR count). The number of alkyl halides is 1. The van der Waals surface area contributed by atoms with Crippen LogP contribution in [0.1, 0.15) is 32.6 Å². The third-order valence-corrected chi connectivity index (χ3v) is 4.34. The van der Waals surface area contributed by atoms with Gasteiger partial charge in [-0.3, -0.25) is 0 Å². The van der Waals surface area contributed by atoms with Gasteiger partial charge in [0.2, 0.25) is 10.0 Å². The maximum absolute atomic E-state index is 11.4. The van der Waals surface area contributed by atoms with E-state index >= 15 is 0 Å². The summed E-state index contributed by atoms with van der Waals surface area (Å²) in [6, 6.07) is 0. The zero-order valence-corrected chi connectivity index (χ0v) is 10.1. The highest BCUT2D eigenvalue weighted by Crippen LogP contribution is 2.35. The lowest BCUT2D eigenvalue weighted by atomic mass is 10.3. The van der Waals surface area contributed by atoms with Gasteiger partial charge in [0.05, 0.1) is 5.75 Å². The second-order valence-corrected chi connectivity index (χ2v) is 6.36. The number of hydrogen-bond donors (Lipinski definition) is 1. The van der Waals surface area contributed by atoms with E-state index < -0.39 is 10.0 Å². The number of unbranched alkanes of at least 4 members (excludes halogenated alkanes) is 1. The zero-order valence-electron chi connectivity index (χ0n) is 8.50. The molecule has 0 aliphatic heterocycles. The average Bonchev–Trinajstić information content (AvgIpc) is 2.94. The Kier molecular flexibility index (Phi) is 4.67. The molecule has 5 heteroatoms. The third kappa shape index (κ3) is 4.62. The summed E-state index contributed by atoms with van der Waals surface area (Å²) in [6.45, 7) is 2.36. The van der Waals surface area contributed by atoms with Crippen LogP contribution in [0.15, 0.2) is 0 Å². The van der Waals surface area contributed by atoms with E-state index in [1.807, 2.05) is 6.92 Å². The molecule has 1 unspecified atom stereocenters. The van der Waals surface area contributed by atoms with E-state index in [0.717, 1.165) is 19.3 Å². The Bertz CT molecular complexity index is 262. The van der Waals surface area contributed by atoms with E-state index in [2.05, 4.69) is 4.72 Å². The van der Waals surface area contributed by atoms with Gasteiger partial charge in [-0.05, 0) is 25.2 Å². The lowest BCUT2D eigenvalue weighted by Crippen LogP contribution is -2.32. The summed E-state index contributed by atoms with van der Waals surface area (Å²) in [7, 11) is -3.08. The molecule has 1 N–H and O–H groups in total. The first-order valence-corrected chi connectivity index (χ1v) is 7.25. The second kappa shape index (κ2) is 5.33. The first kappa shape index (κ1) is 12.3. The van der Waals surface area contributed by atoms with Crippen LogP contribution in [0.4, 0.5) is 0 Å². The summed E-state index contributed by atoms with van der Waals surface area (Å²) in [5.41, 5.74) is 0. The molecule has 1 aliphatic carbocycles. The van der Waals surface area contributed by atoms with Gasteiger partial charge in [0.1, 0.15) is 0 Å². The molecule has 0 radical (unpaired) electrons. The quantitative estimate of drug-likeness (QED) is 0.688. The monoisotopic (exact) mass is 239 g/mol. The molecule has 14 heavy (non-hydrogen) atoms. The van der Waals surface area contributed by atoms with Crippen molar-refractivity contribution in [3.8, 4) is 0 Å². The molecule has 0 bridgehead atoms. The minimum absolute atomic E-state index is 0.0219. The van der Waals surface area contributed by atoms with Gasteiger partial charge in [-0.1, -0.05) is 13.3 Å². The predicted molar refractivity (Wildman–Crippen MR) is 59.1 cm³/mol. The van der Waals surface area contributed by atoms with Gasteiger partial charge in [0.25, 0.3) is 0 Å². The van der Waals surface area contributed by atoms with Gasteiger partial charge in [-0.15, -0.1) is 11.6 Å². The first-order valence-electron chi connectivity index (χ1n) is 5.16. The van der Waals surface area contributed by atoms with Crippen molar-refractivity contribution in [1.29, 1.82) is 0 Å². The maximum Gasteiger partial charge on any atom is 0.211 e. The molecule has 1 aliphatic rings. The zero-order chi connectivity index (χ0) is 10.6. The van der Waals surface area contributed by atoms with Gasteiger partial charge in [-0.25, -0.2) is 13.1 Å². The highest BCUT2D eigenvalue weighted by Gasteiger charge is 2.30. The second-order valence-electron chi connectivity index (χ2n) is 3.87.